The molecule has 134 valence electrons. The van der Waals surface area contributed by atoms with Crippen LogP contribution in [-0.4, -0.2) is 58.6 Å². The highest BCUT2D eigenvalue weighted by Gasteiger charge is 2.37. The number of carbonyl (C=O) groups is 3. The number of nitrogens with zero attached hydrogens (tertiary/aromatic N) is 1. The first-order valence-electron chi connectivity index (χ1n) is 7.30. The summed E-state index contributed by atoms with van der Waals surface area (Å²) in [5.74, 6) is -3.06. The number of amides is 4. The Morgan fingerprint density at radius 1 is 1.26 bits per heavy atom. The van der Waals surface area contributed by atoms with Crippen molar-refractivity contribution in [1.82, 2.24) is 15.7 Å². The van der Waals surface area contributed by atoms with Gasteiger partial charge in [-0.2, -0.15) is 0 Å². The lowest BCUT2D eigenvalue weighted by atomic mass is 9.90. The van der Waals surface area contributed by atoms with E-state index in [-0.39, 0.29) is 17.4 Å². The van der Waals surface area contributed by atoms with Crippen LogP contribution in [0.2, 0.25) is 0 Å². The molecule has 0 saturated carbocycles. The van der Waals surface area contributed by atoms with Crippen LogP contribution in [0, 0.1) is 11.8 Å². The van der Waals surface area contributed by atoms with E-state index in [4.69, 9.17) is 0 Å². The minimum absolute atomic E-state index is 0.00643. The topological polar surface area (TPSA) is 119 Å². The Hall–Kier alpha value is -1.74. The lowest BCUT2D eigenvalue weighted by Gasteiger charge is -2.25. The Labute approximate surface area is 135 Å². The molecule has 4 N–H and O–H groups in total. The molecule has 0 unspecified atom stereocenters. The molecule has 0 aromatic heterocycles. The molecule has 0 radical (unpaired) electrons. The highest BCUT2D eigenvalue weighted by Crippen LogP contribution is 2.18. The molecule has 0 saturated heterocycles. The quantitative estimate of drug-likeness (QED) is 0.397. The summed E-state index contributed by atoms with van der Waals surface area (Å²) in [5.41, 5.74) is -1.74. The first kappa shape index (κ1) is 21.3. The zero-order valence-electron chi connectivity index (χ0n) is 14.1. The van der Waals surface area contributed by atoms with Crippen molar-refractivity contribution in [1.29, 1.82) is 0 Å². The van der Waals surface area contributed by atoms with E-state index in [0.717, 1.165) is 0 Å². The predicted molar refractivity (Wildman–Crippen MR) is 80.2 cm³/mol. The highest BCUT2D eigenvalue weighted by atomic mass is 19.1. The van der Waals surface area contributed by atoms with Gasteiger partial charge in [-0.05, 0) is 26.2 Å². The summed E-state index contributed by atoms with van der Waals surface area (Å²) in [6.07, 6.45) is -1.72. The van der Waals surface area contributed by atoms with Crippen LogP contribution in [0.25, 0.3) is 0 Å². The lowest BCUT2D eigenvalue weighted by molar-refractivity contribution is -0.167. The summed E-state index contributed by atoms with van der Waals surface area (Å²) in [7, 11) is 1.35. The van der Waals surface area contributed by atoms with E-state index in [1.165, 1.54) is 20.9 Å². The van der Waals surface area contributed by atoms with Crippen LogP contribution < -0.4 is 10.6 Å². The third-order valence-corrected chi connectivity index (χ3v) is 3.00. The molecule has 0 fully saturated rings. The monoisotopic (exact) mass is 335 g/mol. The number of nitrogens with one attached hydrogen (secondary N) is 2. The van der Waals surface area contributed by atoms with Crippen molar-refractivity contribution in [3.8, 4) is 0 Å². The molecule has 0 rings (SSSR count). The van der Waals surface area contributed by atoms with Crippen molar-refractivity contribution in [3.63, 3.8) is 0 Å². The second-order valence-electron chi connectivity index (χ2n) is 6.32. The van der Waals surface area contributed by atoms with Crippen molar-refractivity contribution in [2.75, 3.05) is 13.6 Å². The van der Waals surface area contributed by atoms with Crippen LogP contribution in [0.15, 0.2) is 0 Å². The molecular formula is C14H26FN3O5. The van der Waals surface area contributed by atoms with Gasteiger partial charge < -0.3 is 15.7 Å². The summed E-state index contributed by atoms with van der Waals surface area (Å²) in [5, 5.41) is 23.5. The fourth-order valence-corrected chi connectivity index (χ4v) is 1.83. The molecule has 4 amide bonds. The van der Waals surface area contributed by atoms with Gasteiger partial charge in [0, 0.05) is 7.05 Å². The van der Waals surface area contributed by atoms with Crippen molar-refractivity contribution in [2.24, 2.45) is 11.8 Å². The molecule has 0 bridgehead atoms. The maximum Gasteiger partial charge on any atom is 0.348 e. The van der Waals surface area contributed by atoms with Gasteiger partial charge in [0.2, 0.25) is 5.91 Å². The first-order valence-corrected chi connectivity index (χ1v) is 7.30. The number of aliphatic hydroxyl groups excluding tert-OH is 1. The SMILES string of the molecule is CNC(=O)[C@H](CC(C)C)[C@H](O)C(=O)N(O)C(=O)NCC(C)(C)F. The van der Waals surface area contributed by atoms with Gasteiger partial charge in [0.05, 0.1) is 12.5 Å². The fourth-order valence-electron chi connectivity index (χ4n) is 1.83. The molecule has 0 aliphatic carbocycles. The molecule has 0 aliphatic heterocycles. The second kappa shape index (κ2) is 8.78. The zero-order valence-corrected chi connectivity index (χ0v) is 14.1. The number of carbonyl (C=O) groups excluding carboxylic acids is 3. The number of rotatable bonds is 7. The highest BCUT2D eigenvalue weighted by molar-refractivity contribution is 5.97. The van der Waals surface area contributed by atoms with Gasteiger partial charge in [-0.3, -0.25) is 14.8 Å². The second-order valence-corrected chi connectivity index (χ2v) is 6.32. The van der Waals surface area contributed by atoms with E-state index >= 15 is 0 Å². The molecule has 0 heterocycles. The average molecular weight is 335 g/mol. The Bertz CT molecular complexity index is 437. The van der Waals surface area contributed by atoms with Crippen LogP contribution in [0.1, 0.15) is 34.1 Å². The molecule has 0 aliphatic rings. The number of imide groups is 1. The van der Waals surface area contributed by atoms with Gasteiger partial charge in [-0.1, -0.05) is 13.8 Å². The number of hydrogen-bond donors (Lipinski definition) is 4. The summed E-state index contributed by atoms with van der Waals surface area (Å²) in [6, 6.07) is -1.28. The van der Waals surface area contributed by atoms with Crippen LogP contribution >= 0.6 is 0 Å². The Balaban J connectivity index is 4.94. The van der Waals surface area contributed by atoms with E-state index in [0.29, 0.717) is 0 Å². The van der Waals surface area contributed by atoms with Crippen LogP contribution in [0.5, 0.6) is 0 Å². The van der Waals surface area contributed by atoms with Crippen molar-refractivity contribution in [2.45, 2.75) is 45.9 Å². The molecular weight excluding hydrogens is 309 g/mol. The lowest BCUT2D eigenvalue weighted by Crippen LogP contribution is -2.52. The van der Waals surface area contributed by atoms with E-state index in [2.05, 4.69) is 5.32 Å². The zero-order chi connectivity index (χ0) is 18.4. The minimum Gasteiger partial charge on any atom is -0.382 e. The summed E-state index contributed by atoms with van der Waals surface area (Å²) in [4.78, 5) is 35.3. The fraction of sp³-hybridized carbons (Fsp3) is 0.786. The molecule has 8 nitrogen and oxygen atoms in total. The smallest absolute Gasteiger partial charge is 0.348 e. The van der Waals surface area contributed by atoms with Gasteiger partial charge in [0.15, 0.2) is 0 Å². The third kappa shape index (κ3) is 7.38. The predicted octanol–water partition coefficient (Wildman–Crippen LogP) is 0.431. The number of aliphatic hydroxyl groups is 1. The third-order valence-electron chi connectivity index (χ3n) is 3.00. The molecule has 2 atom stereocenters. The molecule has 0 aromatic rings. The summed E-state index contributed by atoms with van der Waals surface area (Å²) >= 11 is 0. The van der Waals surface area contributed by atoms with Gasteiger partial charge in [0.25, 0.3) is 5.91 Å². The van der Waals surface area contributed by atoms with E-state index in [1.807, 2.05) is 5.32 Å². The van der Waals surface area contributed by atoms with Crippen molar-refractivity contribution in [3.05, 3.63) is 0 Å². The summed E-state index contributed by atoms with van der Waals surface area (Å²) in [6.45, 7) is 5.56. The maximum absolute atomic E-state index is 13.3. The Morgan fingerprint density at radius 3 is 2.17 bits per heavy atom. The number of hydroxylamine groups is 2. The van der Waals surface area contributed by atoms with Gasteiger partial charge in [-0.15, -0.1) is 5.06 Å². The molecule has 9 heteroatoms. The molecule has 0 aromatic carbocycles. The number of alkyl halides is 1. The van der Waals surface area contributed by atoms with Gasteiger partial charge in [0.1, 0.15) is 11.8 Å². The van der Waals surface area contributed by atoms with E-state index in [9.17, 15) is 29.1 Å². The minimum atomic E-state index is -1.90. The number of urea groups is 1. The number of hydrogen-bond acceptors (Lipinski definition) is 5. The van der Waals surface area contributed by atoms with Crippen molar-refractivity contribution >= 4 is 17.8 Å². The largest absolute Gasteiger partial charge is 0.382 e. The Morgan fingerprint density at radius 2 is 1.78 bits per heavy atom. The first-order chi connectivity index (χ1) is 10.4. The van der Waals surface area contributed by atoms with E-state index in [1.54, 1.807) is 13.8 Å². The van der Waals surface area contributed by atoms with Crippen LogP contribution in [0.3, 0.4) is 0 Å². The number of halogens is 1. The molecule has 23 heavy (non-hydrogen) atoms. The van der Waals surface area contributed by atoms with Crippen LogP contribution in [0.4, 0.5) is 9.18 Å². The van der Waals surface area contributed by atoms with E-state index < -0.39 is 42.1 Å². The summed E-state index contributed by atoms with van der Waals surface area (Å²) < 4.78 is 13.3. The standard InChI is InChI=1S/C14H26FN3O5/c1-8(2)6-9(11(20)16-5)10(19)12(21)18(23)13(22)17-7-14(3,4)15/h8-10,19,23H,6-7H2,1-5H3,(H,16,20)(H,17,22)/t9-,10+/m1/s1. The van der Waals surface area contributed by atoms with Crippen molar-refractivity contribution < 1.29 is 29.1 Å². The van der Waals surface area contributed by atoms with Gasteiger partial charge >= 0.3 is 6.03 Å². The van der Waals surface area contributed by atoms with Gasteiger partial charge in [-0.25, -0.2) is 9.18 Å². The Kier molecular flexibility index (Phi) is 8.11. The van der Waals surface area contributed by atoms with Crippen LogP contribution in [-0.2, 0) is 9.59 Å². The molecule has 0 spiro atoms. The maximum atomic E-state index is 13.3. The normalized spacial score (nSPS) is 14.1. The average Bonchev–Trinajstić information content (AvgIpc) is 2.46.